The Morgan fingerprint density at radius 3 is 3.00 bits per heavy atom. The summed E-state index contributed by atoms with van der Waals surface area (Å²) >= 11 is 5.88. The van der Waals surface area contributed by atoms with Crippen LogP contribution in [0.1, 0.15) is 37.7 Å². The summed E-state index contributed by atoms with van der Waals surface area (Å²) in [5.74, 6) is -0.427. The topological polar surface area (TPSA) is 44.0 Å². The standard InChI is InChI=1S/C15H17ClFNO/c16-13-4-5-14(17)11(9-13)10-15(19)7-2-1-3-12(15)6-8-18/h4-5,9,12,19H,1-3,6-7,10H2/t12-,15+/m0/s1. The highest BCUT2D eigenvalue weighted by molar-refractivity contribution is 6.30. The molecule has 19 heavy (non-hydrogen) atoms. The molecule has 0 aromatic heterocycles. The van der Waals surface area contributed by atoms with Crippen LogP contribution in [0.2, 0.25) is 5.02 Å². The molecule has 2 rings (SSSR count). The average Bonchev–Trinajstić information content (AvgIpc) is 2.37. The van der Waals surface area contributed by atoms with Crippen molar-refractivity contribution in [1.29, 1.82) is 5.26 Å². The number of halogens is 2. The second-order valence-corrected chi connectivity index (χ2v) is 5.76. The number of rotatable bonds is 3. The van der Waals surface area contributed by atoms with Gasteiger partial charge in [0, 0.05) is 23.8 Å². The molecule has 0 amide bonds. The maximum Gasteiger partial charge on any atom is 0.126 e. The van der Waals surface area contributed by atoms with Gasteiger partial charge in [0.2, 0.25) is 0 Å². The van der Waals surface area contributed by atoms with E-state index in [2.05, 4.69) is 6.07 Å². The summed E-state index contributed by atoms with van der Waals surface area (Å²) in [6, 6.07) is 6.51. The van der Waals surface area contributed by atoms with Crippen molar-refractivity contribution in [3.05, 3.63) is 34.6 Å². The fourth-order valence-corrected chi connectivity index (χ4v) is 3.13. The lowest BCUT2D eigenvalue weighted by atomic mass is 9.71. The quantitative estimate of drug-likeness (QED) is 0.914. The Hall–Kier alpha value is -1.11. The predicted octanol–water partition coefficient (Wildman–Crippen LogP) is 3.86. The molecule has 1 aromatic rings. The van der Waals surface area contributed by atoms with E-state index in [1.54, 1.807) is 6.07 Å². The minimum atomic E-state index is -0.987. The van der Waals surface area contributed by atoms with Crippen LogP contribution in [0.25, 0.3) is 0 Å². The van der Waals surface area contributed by atoms with Crippen molar-refractivity contribution in [2.24, 2.45) is 5.92 Å². The van der Waals surface area contributed by atoms with Gasteiger partial charge in [-0.1, -0.05) is 24.4 Å². The summed E-state index contributed by atoms with van der Waals surface area (Å²) in [5, 5.41) is 20.1. The summed E-state index contributed by atoms with van der Waals surface area (Å²) in [4.78, 5) is 0. The fraction of sp³-hybridized carbons (Fsp3) is 0.533. The third kappa shape index (κ3) is 3.26. The van der Waals surface area contributed by atoms with Crippen molar-refractivity contribution >= 4 is 11.6 Å². The molecule has 2 atom stereocenters. The predicted molar refractivity (Wildman–Crippen MR) is 72.3 cm³/mol. The highest BCUT2D eigenvalue weighted by Crippen LogP contribution is 2.38. The summed E-state index contributed by atoms with van der Waals surface area (Å²) in [6.07, 6.45) is 3.93. The first-order valence-electron chi connectivity index (χ1n) is 6.58. The van der Waals surface area contributed by atoms with Crippen molar-refractivity contribution in [2.75, 3.05) is 0 Å². The molecule has 0 saturated heterocycles. The smallest absolute Gasteiger partial charge is 0.126 e. The van der Waals surface area contributed by atoms with E-state index >= 15 is 0 Å². The normalized spacial score (nSPS) is 26.9. The highest BCUT2D eigenvalue weighted by Gasteiger charge is 2.39. The zero-order valence-corrected chi connectivity index (χ0v) is 11.5. The summed E-state index contributed by atoms with van der Waals surface area (Å²) in [6.45, 7) is 0. The fourth-order valence-electron chi connectivity index (χ4n) is 2.94. The molecular formula is C15H17ClFNO. The van der Waals surface area contributed by atoms with E-state index in [-0.39, 0.29) is 18.2 Å². The van der Waals surface area contributed by atoms with E-state index in [1.165, 1.54) is 12.1 Å². The second kappa shape index (κ2) is 5.90. The molecule has 0 spiro atoms. The largest absolute Gasteiger partial charge is 0.389 e. The van der Waals surface area contributed by atoms with E-state index in [4.69, 9.17) is 16.9 Å². The van der Waals surface area contributed by atoms with Crippen LogP contribution in [-0.2, 0) is 6.42 Å². The Balaban J connectivity index is 2.23. The summed E-state index contributed by atoms with van der Waals surface area (Å²) in [7, 11) is 0. The van der Waals surface area contributed by atoms with E-state index in [0.29, 0.717) is 23.4 Å². The molecule has 2 nitrogen and oxygen atoms in total. The second-order valence-electron chi connectivity index (χ2n) is 5.32. The zero-order chi connectivity index (χ0) is 13.9. The maximum atomic E-state index is 13.8. The van der Waals surface area contributed by atoms with Crippen LogP contribution in [-0.4, -0.2) is 10.7 Å². The first kappa shape index (κ1) is 14.3. The molecule has 102 valence electrons. The van der Waals surface area contributed by atoms with Gasteiger partial charge in [-0.05, 0) is 36.6 Å². The minimum absolute atomic E-state index is 0.0790. The molecule has 1 aliphatic carbocycles. The third-order valence-corrected chi connectivity index (χ3v) is 4.25. The lowest BCUT2D eigenvalue weighted by Gasteiger charge is -2.39. The number of nitrogens with zero attached hydrogens (tertiary/aromatic N) is 1. The van der Waals surface area contributed by atoms with Gasteiger partial charge >= 0.3 is 0 Å². The SMILES string of the molecule is N#CC[C@@H]1CCCC[C@@]1(O)Cc1cc(Cl)ccc1F. The van der Waals surface area contributed by atoms with Crippen LogP contribution in [0.5, 0.6) is 0 Å². The Labute approximate surface area is 117 Å². The van der Waals surface area contributed by atoms with Gasteiger partial charge in [0.15, 0.2) is 0 Å². The molecule has 1 aromatic carbocycles. The number of hydrogen-bond donors (Lipinski definition) is 1. The molecular weight excluding hydrogens is 265 g/mol. The Bertz CT molecular complexity index is 499. The van der Waals surface area contributed by atoms with Gasteiger partial charge in [0.25, 0.3) is 0 Å². The monoisotopic (exact) mass is 281 g/mol. The van der Waals surface area contributed by atoms with Gasteiger partial charge in [-0.15, -0.1) is 0 Å². The van der Waals surface area contributed by atoms with Crippen LogP contribution in [0.3, 0.4) is 0 Å². The van der Waals surface area contributed by atoms with Gasteiger partial charge in [0.1, 0.15) is 5.82 Å². The van der Waals surface area contributed by atoms with Crippen LogP contribution < -0.4 is 0 Å². The van der Waals surface area contributed by atoms with E-state index < -0.39 is 5.60 Å². The molecule has 1 saturated carbocycles. The summed E-state index contributed by atoms with van der Waals surface area (Å²) in [5.41, 5.74) is -0.556. The molecule has 4 heteroatoms. The van der Waals surface area contributed by atoms with Crippen LogP contribution in [0.4, 0.5) is 4.39 Å². The van der Waals surface area contributed by atoms with Crippen LogP contribution in [0.15, 0.2) is 18.2 Å². The third-order valence-electron chi connectivity index (χ3n) is 4.01. The minimum Gasteiger partial charge on any atom is -0.389 e. The molecule has 0 bridgehead atoms. The lowest BCUT2D eigenvalue weighted by Crippen LogP contribution is -2.42. The van der Waals surface area contributed by atoms with Crippen LogP contribution >= 0.6 is 11.6 Å². The van der Waals surface area contributed by atoms with E-state index in [9.17, 15) is 9.50 Å². The average molecular weight is 282 g/mol. The first-order chi connectivity index (χ1) is 9.05. The van der Waals surface area contributed by atoms with Gasteiger partial charge in [0.05, 0.1) is 11.7 Å². The van der Waals surface area contributed by atoms with Gasteiger partial charge in [-0.3, -0.25) is 0 Å². The van der Waals surface area contributed by atoms with Crippen molar-refractivity contribution in [3.63, 3.8) is 0 Å². The molecule has 0 unspecified atom stereocenters. The number of hydrogen-bond acceptors (Lipinski definition) is 2. The number of nitriles is 1. The lowest BCUT2D eigenvalue weighted by molar-refractivity contribution is -0.0465. The number of benzene rings is 1. The van der Waals surface area contributed by atoms with Crippen molar-refractivity contribution in [2.45, 2.75) is 44.1 Å². The van der Waals surface area contributed by atoms with Crippen molar-refractivity contribution < 1.29 is 9.50 Å². The number of aliphatic hydroxyl groups is 1. The Kier molecular flexibility index (Phi) is 4.44. The van der Waals surface area contributed by atoms with Crippen molar-refractivity contribution in [1.82, 2.24) is 0 Å². The Morgan fingerprint density at radius 1 is 1.47 bits per heavy atom. The van der Waals surface area contributed by atoms with Gasteiger partial charge < -0.3 is 5.11 Å². The zero-order valence-electron chi connectivity index (χ0n) is 10.7. The maximum absolute atomic E-state index is 13.8. The van der Waals surface area contributed by atoms with Crippen LogP contribution in [0, 0.1) is 23.1 Å². The highest BCUT2D eigenvalue weighted by atomic mass is 35.5. The van der Waals surface area contributed by atoms with Gasteiger partial charge in [-0.25, -0.2) is 4.39 Å². The molecule has 0 radical (unpaired) electrons. The van der Waals surface area contributed by atoms with Gasteiger partial charge in [-0.2, -0.15) is 5.26 Å². The molecule has 0 heterocycles. The molecule has 1 fully saturated rings. The van der Waals surface area contributed by atoms with E-state index in [0.717, 1.165) is 19.3 Å². The molecule has 0 aliphatic heterocycles. The van der Waals surface area contributed by atoms with E-state index in [1.807, 2.05) is 0 Å². The van der Waals surface area contributed by atoms with Crippen molar-refractivity contribution in [3.8, 4) is 6.07 Å². The summed E-state index contributed by atoms with van der Waals surface area (Å²) < 4.78 is 13.8. The molecule has 1 N–H and O–H groups in total. The molecule has 1 aliphatic rings. The Morgan fingerprint density at radius 2 is 2.26 bits per heavy atom. The first-order valence-corrected chi connectivity index (χ1v) is 6.96.